The fourth-order valence-corrected chi connectivity index (χ4v) is 4.00. The minimum atomic E-state index is 0.231. The van der Waals surface area contributed by atoms with E-state index < -0.39 is 0 Å². The van der Waals surface area contributed by atoms with Gasteiger partial charge in [-0.2, -0.15) is 0 Å². The van der Waals surface area contributed by atoms with Crippen molar-refractivity contribution in [2.75, 3.05) is 5.32 Å². The van der Waals surface area contributed by atoms with Gasteiger partial charge in [0.25, 0.3) is 0 Å². The Bertz CT molecular complexity index is 985. The lowest BCUT2D eigenvalue weighted by Crippen LogP contribution is -2.05. The molecule has 0 amide bonds. The third-order valence-electron chi connectivity index (χ3n) is 4.60. The molecular formula is C21H21N3S. The smallest absolute Gasteiger partial charge is 0.183 e. The molecule has 4 aromatic rings. The molecule has 1 atom stereocenters. The van der Waals surface area contributed by atoms with E-state index in [0.29, 0.717) is 0 Å². The molecule has 2 N–H and O–H groups in total. The fraction of sp³-hybridized carbons (Fsp3) is 0.190. The van der Waals surface area contributed by atoms with Crippen LogP contribution in [0.4, 0.5) is 5.13 Å². The number of H-pyrrole nitrogens is 1. The van der Waals surface area contributed by atoms with Crippen LogP contribution < -0.4 is 5.32 Å². The van der Waals surface area contributed by atoms with Crippen LogP contribution in [0.1, 0.15) is 31.0 Å². The molecule has 4 heteroatoms. The highest BCUT2D eigenvalue weighted by Gasteiger charge is 2.13. The van der Waals surface area contributed by atoms with E-state index in [1.807, 2.05) is 6.07 Å². The lowest BCUT2D eigenvalue weighted by molar-refractivity contribution is 0.882. The minimum absolute atomic E-state index is 0.231. The van der Waals surface area contributed by atoms with Crippen LogP contribution in [0.25, 0.3) is 22.2 Å². The number of thiazole rings is 1. The Labute approximate surface area is 151 Å². The maximum absolute atomic E-state index is 4.81. The van der Waals surface area contributed by atoms with Gasteiger partial charge in [0.1, 0.15) is 0 Å². The van der Waals surface area contributed by atoms with Crippen molar-refractivity contribution in [3.8, 4) is 11.3 Å². The Morgan fingerprint density at radius 1 is 1.12 bits per heavy atom. The number of nitrogens with one attached hydrogen (secondary N) is 2. The number of aryl methyl sites for hydroxylation is 1. The highest BCUT2D eigenvalue weighted by Crippen LogP contribution is 2.33. The maximum Gasteiger partial charge on any atom is 0.183 e. The van der Waals surface area contributed by atoms with Crippen molar-refractivity contribution in [1.29, 1.82) is 0 Å². The molecule has 2 heterocycles. The van der Waals surface area contributed by atoms with Crippen LogP contribution in [0.5, 0.6) is 0 Å². The first-order valence-electron chi connectivity index (χ1n) is 8.62. The lowest BCUT2D eigenvalue weighted by Gasteiger charge is -2.12. The van der Waals surface area contributed by atoms with Crippen molar-refractivity contribution in [1.82, 2.24) is 9.97 Å². The Morgan fingerprint density at radius 3 is 2.76 bits per heavy atom. The van der Waals surface area contributed by atoms with Crippen LogP contribution in [0.2, 0.25) is 0 Å². The first-order valence-corrected chi connectivity index (χ1v) is 9.50. The molecule has 0 saturated heterocycles. The second-order valence-electron chi connectivity index (χ2n) is 6.21. The molecule has 2 aromatic heterocycles. The number of anilines is 1. The number of hydrogen-bond donors (Lipinski definition) is 2. The second-order valence-corrected chi connectivity index (χ2v) is 7.07. The summed E-state index contributed by atoms with van der Waals surface area (Å²) in [5.41, 5.74) is 6.02. The van der Waals surface area contributed by atoms with E-state index in [4.69, 9.17) is 4.98 Å². The van der Waals surface area contributed by atoms with Gasteiger partial charge in [0, 0.05) is 28.0 Å². The largest absolute Gasteiger partial charge is 0.360 e. The van der Waals surface area contributed by atoms with Crippen LogP contribution in [-0.2, 0) is 6.42 Å². The zero-order chi connectivity index (χ0) is 17.2. The normalized spacial score (nSPS) is 12.4. The molecule has 2 aromatic carbocycles. The first kappa shape index (κ1) is 15.9. The fourth-order valence-electron chi connectivity index (χ4n) is 3.20. The van der Waals surface area contributed by atoms with Crippen molar-refractivity contribution >= 4 is 27.4 Å². The molecule has 0 unspecified atom stereocenters. The van der Waals surface area contributed by atoms with Crippen molar-refractivity contribution in [3.05, 3.63) is 71.2 Å². The summed E-state index contributed by atoms with van der Waals surface area (Å²) in [7, 11) is 0. The summed E-state index contributed by atoms with van der Waals surface area (Å²) < 4.78 is 0. The molecule has 4 rings (SSSR count). The van der Waals surface area contributed by atoms with Crippen LogP contribution >= 0.6 is 11.3 Å². The first-order chi connectivity index (χ1) is 12.3. The topological polar surface area (TPSA) is 40.7 Å². The predicted octanol–water partition coefficient (Wildman–Crippen LogP) is 6.03. The highest BCUT2D eigenvalue weighted by atomic mass is 32.1. The standard InChI is InChI=1S/C21H21N3S/c1-3-15-10-7-11-17-18(12-22-20(15)17)19-13-25-21(24-19)23-14(2)16-8-5-4-6-9-16/h4-14,22H,3H2,1-2H3,(H,23,24)/t14-/m0/s1. The Morgan fingerprint density at radius 2 is 1.96 bits per heavy atom. The van der Waals surface area contributed by atoms with E-state index in [0.717, 1.165) is 17.2 Å². The average Bonchev–Trinajstić information content (AvgIpc) is 3.28. The predicted molar refractivity (Wildman–Crippen MR) is 107 cm³/mol. The van der Waals surface area contributed by atoms with Crippen molar-refractivity contribution in [2.45, 2.75) is 26.3 Å². The van der Waals surface area contributed by atoms with Gasteiger partial charge in [-0.25, -0.2) is 4.98 Å². The van der Waals surface area contributed by atoms with Gasteiger partial charge < -0.3 is 10.3 Å². The van der Waals surface area contributed by atoms with Gasteiger partial charge in [-0.05, 0) is 24.5 Å². The third kappa shape index (κ3) is 3.05. The molecule has 0 saturated carbocycles. The van der Waals surface area contributed by atoms with Gasteiger partial charge in [-0.1, -0.05) is 55.5 Å². The zero-order valence-electron chi connectivity index (χ0n) is 14.4. The lowest BCUT2D eigenvalue weighted by atomic mass is 10.1. The summed E-state index contributed by atoms with van der Waals surface area (Å²) in [5.74, 6) is 0. The van der Waals surface area contributed by atoms with Crippen LogP contribution in [0, 0.1) is 0 Å². The molecule has 0 aliphatic carbocycles. The van der Waals surface area contributed by atoms with E-state index in [1.54, 1.807) is 11.3 Å². The number of hydrogen-bond acceptors (Lipinski definition) is 3. The third-order valence-corrected chi connectivity index (χ3v) is 5.38. The number of nitrogens with zero attached hydrogens (tertiary/aromatic N) is 1. The van der Waals surface area contributed by atoms with Gasteiger partial charge in [0.15, 0.2) is 5.13 Å². The van der Waals surface area contributed by atoms with Crippen molar-refractivity contribution < 1.29 is 0 Å². The highest BCUT2D eigenvalue weighted by molar-refractivity contribution is 7.14. The summed E-state index contributed by atoms with van der Waals surface area (Å²) in [4.78, 5) is 8.24. The molecule has 126 valence electrons. The van der Waals surface area contributed by atoms with E-state index in [1.165, 1.54) is 27.6 Å². The molecule has 0 aliphatic rings. The van der Waals surface area contributed by atoms with Crippen LogP contribution in [0.3, 0.4) is 0 Å². The van der Waals surface area contributed by atoms with E-state index in [-0.39, 0.29) is 6.04 Å². The number of fused-ring (bicyclic) bond motifs is 1. The zero-order valence-corrected chi connectivity index (χ0v) is 15.2. The quantitative estimate of drug-likeness (QED) is 0.463. The van der Waals surface area contributed by atoms with E-state index in [2.05, 4.69) is 78.2 Å². The molecule has 25 heavy (non-hydrogen) atoms. The van der Waals surface area contributed by atoms with Crippen LogP contribution in [-0.4, -0.2) is 9.97 Å². The number of aromatic nitrogens is 2. The number of aromatic amines is 1. The molecular weight excluding hydrogens is 326 g/mol. The van der Waals surface area contributed by atoms with Gasteiger partial charge in [0.05, 0.1) is 11.7 Å². The summed E-state index contributed by atoms with van der Waals surface area (Å²) in [6.07, 6.45) is 3.10. The number of benzene rings is 2. The van der Waals surface area contributed by atoms with E-state index >= 15 is 0 Å². The van der Waals surface area contributed by atoms with Crippen molar-refractivity contribution in [3.63, 3.8) is 0 Å². The minimum Gasteiger partial charge on any atom is -0.360 e. The summed E-state index contributed by atoms with van der Waals surface area (Å²) >= 11 is 1.65. The summed E-state index contributed by atoms with van der Waals surface area (Å²) in [6, 6.07) is 17.2. The molecule has 3 nitrogen and oxygen atoms in total. The Hall–Kier alpha value is -2.59. The summed E-state index contributed by atoms with van der Waals surface area (Å²) in [6.45, 7) is 4.35. The Balaban J connectivity index is 1.62. The Kier molecular flexibility index (Phi) is 4.28. The molecule has 0 spiro atoms. The van der Waals surface area contributed by atoms with Gasteiger partial charge >= 0.3 is 0 Å². The second kappa shape index (κ2) is 6.73. The molecule has 0 radical (unpaired) electrons. The van der Waals surface area contributed by atoms with Crippen LogP contribution in [0.15, 0.2) is 60.1 Å². The molecule has 0 bridgehead atoms. The van der Waals surface area contributed by atoms with Crippen molar-refractivity contribution in [2.24, 2.45) is 0 Å². The summed E-state index contributed by atoms with van der Waals surface area (Å²) in [5, 5.41) is 7.83. The van der Waals surface area contributed by atoms with Gasteiger partial charge in [-0.3, -0.25) is 0 Å². The average molecular weight is 347 g/mol. The number of para-hydroxylation sites is 1. The maximum atomic E-state index is 4.81. The number of rotatable bonds is 5. The molecule has 0 fully saturated rings. The van der Waals surface area contributed by atoms with Gasteiger partial charge in [0.2, 0.25) is 0 Å². The monoisotopic (exact) mass is 347 g/mol. The molecule has 0 aliphatic heterocycles. The van der Waals surface area contributed by atoms with Gasteiger partial charge in [-0.15, -0.1) is 11.3 Å². The SMILES string of the molecule is CCc1cccc2c(-c3csc(N[C@@H](C)c4ccccc4)n3)c[nH]c12. The van der Waals surface area contributed by atoms with E-state index in [9.17, 15) is 0 Å².